The topological polar surface area (TPSA) is 50.2 Å². The summed E-state index contributed by atoms with van der Waals surface area (Å²) in [5, 5.41) is 8.24. The highest BCUT2D eigenvalue weighted by atomic mass is 16.2. The zero-order valence-corrected chi connectivity index (χ0v) is 18.1. The van der Waals surface area contributed by atoms with Gasteiger partial charge in [-0.05, 0) is 50.8 Å². The molecule has 29 heavy (non-hydrogen) atoms. The third kappa shape index (κ3) is 3.97. The second-order valence-electron chi connectivity index (χ2n) is 9.04. The van der Waals surface area contributed by atoms with Gasteiger partial charge < -0.3 is 10.2 Å². The summed E-state index contributed by atoms with van der Waals surface area (Å²) >= 11 is 0. The first-order valence-electron chi connectivity index (χ1n) is 11.1. The molecule has 1 aliphatic heterocycles. The number of nitrogens with zero attached hydrogens (tertiary/aromatic N) is 3. The largest absolute Gasteiger partial charge is 0.339 e. The van der Waals surface area contributed by atoms with Gasteiger partial charge in [0.1, 0.15) is 0 Å². The standard InChI is InChI=1S/C24H34N4O/c1-18-8-10-20(11-9-18)24(12-4-5-13-24)23(29)27(2)17-21-15-22(26-28(21)3)19-7-6-14-25-16-19/h8-11,15,19,25H,4-7,12-14,16-17H2,1-3H3/t19-/m0/s1. The molecule has 0 unspecified atom stereocenters. The smallest absolute Gasteiger partial charge is 0.233 e. The maximum atomic E-state index is 13.7. The molecule has 2 fully saturated rings. The van der Waals surface area contributed by atoms with Crippen molar-refractivity contribution in [2.75, 3.05) is 20.1 Å². The molecular formula is C24H34N4O. The van der Waals surface area contributed by atoms with Crippen molar-refractivity contribution >= 4 is 5.91 Å². The van der Waals surface area contributed by atoms with Crippen LogP contribution in [0.2, 0.25) is 0 Å². The lowest BCUT2D eigenvalue weighted by molar-refractivity contribution is -0.136. The normalized spacial score (nSPS) is 21.3. The Morgan fingerprint density at radius 2 is 1.97 bits per heavy atom. The van der Waals surface area contributed by atoms with Crippen LogP contribution < -0.4 is 5.32 Å². The van der Waals surface area contributed by atoms with E-state index in [1.165, 1.54) is 24.0 Å². The number of piperidine rings is 1. The van der Waals surface area contributed by atoms with Crippen LogP contribution in [-0.2, 0) is 23.8 Å². The molecule has 2 aromatic rings. The predicted octanol–water partition coefficient (Wildman–Crippen LogP) is 3.67. The second-order valence-corrected chi connectivity index (χ2v) is 9.04. The van der Waals surface area contributed by atoms with Crippen LogP contribution >= 0.6 is 0 Å². The van der Waals surface area contributed by atoms with E-state index in [4.69, 9.17) is 5.10 Å². The van der Waals surface area contributed by atoms with Gasteiger partial charge in [-0.2, -0.15) is 5.10 Å². The lowest BCUT2D eigenvalue weighted by atomic mass is 9.77. The van der Waals surface area contributed by atoms with Gasteiger partial charge in [-0.25, -0.2) is 0 Å². The van der Waals surface area contributed by atoms with Gasteiger partial charge in [0.05, 0.1) is 23.3 Å². The fraction of sp³-hybridized carbons (Fsp3) is 0.583. The van der Waals surface area contributed by atoms with Crippen LogP contribution in [-0.4, -0.2) is 40.7 Å². The number of rotatable bonds is 5. The number of aromatic nitrogens is 2. The second kappa shape index (κ2) is 8.31. The van der Waals surface area contributed by atoms with Crippen LogP contribution in [0.5, 0.6) is 0 Å². The number of hydrogen-bond donors (Lipinski definition) is 1. The highest BCUT2D eigenvalue weighted by Gasteiger charge is 2.44. The van der Waals surface area contributed by atoms with Gasteiger partial charge in [0.15, 0.2) is 0 Å². The van der Waals surface area contributed by atoms with Gasteiger partial charge in [0.25, 0.3) is 0 Å². The van der Waals surface area contributed by atoms with Gasteiger partial charge in [-0.1, -0.05) is 42.7 Å². The molecule has 1 atom stereocenters. The molecule has 1 aliphatic carbocycles. The third-order valence-corrected chi connectivity index (χ3v) is 6.93. The number of carbonyl (C=O) groups excluding carboxylic acids is 1. The van der Waals surface area contributed by atoms with Crippen molar-refractivity contribution in [1.29, 1.82) is 0 Å². The van der Waals surface area contributed by atoms with Crippen molar-refractivity contribution in [3.05, 3.63) is 52.8 Å². The first-order chi connectivity index (χ1) is 14.0. The molecule has 1 aromatic carbocycles. The van der Waals surface area contributed by atoms with Crippen molar-refractivity contribution in [3.8, 4) is 0 Å². The van der Waals surface area contributed by atoms with E-state index >= 15 is 0 Å². The average molecular weight is 395 g/mol. The monoisotopic (exact) mass is 394 g/mol. The van der Waals surface area contributed by atoms with Crippen LogP contribution in [0.3, 0.4) is 0 Å². The van der Waals surface area contributed by atoms with E-state index < -0.39 is 0 Å². The van der Waals surface area contributed by atoms with Gasteiger partial charge >= 0.3 is 0 Å². The van der Waals surface area contributed by atoms with Gasteiger partial charge in [-0.15, -0.1) is 0 Å². The van der Waals surface area contributed by atoms with Crippen molar-refractivity contribution in [2.45, 2.75) is 63.3 Å². The third-order valence-electron chi connectivity index (χ3n) is 6.93. The number of nitrogens with one attached hydrogen (secondary N) is 1. The highest BCUT2D eigenvalue weighted by Crippen LogP contribution is 2.42. The molecule has 1 amide bonds. The number of aryl methyl sites for hydroxylation is 2. The number of likely N-dealkylation sites (N-methyl/N-ethyl adjacent to an activating group) is 1. The highest BCUT2D eigenvalue weighted by molar-refractivity contribution is 5.88. The minimum atomic E-state index is -0.364. The molecule has 5 nitrogen and oxygen atoms in total. The molecule has 1 saturated carbocycles. The molecular weight excluding hydrogens is 360 g/mol. The van der Waals surface area contributed by atoms with Crippen molar-refractivity contribution in [3.63, 3.8) is 0 Å². The Morgan fingerprint density at radius 3 is 2.62 bits per heavy atom. The number of carbonyl (C=O) groups is 1. The van der Waals surface area contributed by atoms with Crippen LogP contribution in [0.4, 0.5) is 0 Å². The fourth-order valence-electron chi connectivity index (χ4n) is 5.14. The Bertz CT molecular complexity index is 842. The fourth-order valence-corrected chi connectivity index (χ4v) is 5.14. The molecule has 0 radical (unpaired) electrons. The number of hydrogen-bond acceptors (Lipinski definition) is 3. The minimum Gasteiger partial charge on any atom is -0.339 e. The molecule has 2 heterocycles. The minimum absolute atomic E-state index is 0.251. The van der Waals surface area contributed by atoms with Crippen LogP contribution in [0.1, 0.15) is 67.0 Å². The lowest BCUT2D eigenvalue weighted by Gasteiger charge is -2.33. The van der Waals surface area contributed by atoms with Crippen molar-refractivity contribution in [2.24, 2.45) is 7.05 Å². The summed E-state index contributed by atoms with van der Waals surface area (Å²) in [6, 6.07) is 10.8. The van der Waals surface area contributed by atoms with Gasteiger partial charge in [0, 0.05) is 26.6 Å². The molecule has 2 aliphatic rings. The van der Waals surface area contributed by atoms with Crippen molar-refractivity contribution < 1.29 is 4.79 Å². The van der Waals surface area contributed by atoms with E-state index in [2.05, 4.69) is 42.6 Å². The molecule has 5 heteroatoms. The zero-order chi connectivity index (χ0) is 20.4. The molecule has 1 aromatic heterocycles. The molecule has 4 rings (SSSR count). The summed E-state index contributed by atoms with van der Waals surface area (Å²) in [6.07, 6.45) is 6.53. The van der Waals surface area contributed by atoms with Crippen LogP contribution in [0.15, 0.2) is 30.3 Å². The zero-order valence-electron chi connectivity index (χ0n) is 18.1. The van der Waals surface area contributed by atoms with Gasteiger partial charge in [0.2, 0.25) is 5.91 Å². The summed E-state index contributed by atoms with van der Waals surface area (Å²) in [5.74, 6) is 0.736. The Kier molecular flexibility index (Phi) is 5.77. The van der Waals surface area contributed by atoms with E-state index in [-0.39, 0.29) is 11.3 Å². The molecule has 0 bridgehead atoms. The maximum Gasteiger partial charge on any atom is 0.233 e. The summed E-state index contributed by atoms with van der Waals surface area (Å²) in [5.41, 5.74) is 4.32. The Balaban J connectivity index is 1.52. The summed E-state index contributed by atoms with van der Waals surface area (Å²) in [4.78, 5) is 15.6. The lowest BCUT2D eigenvalue weighted by Crippen LogP contribution is -2.43. The molecule has 0 spiro atoms. The summed E-state index contributed by atoms with van der Waals surface area (Å²) in [6.45, 7) is 4.81. The number of benzene rings is 1. The Morgan fingerprint density at radius 1 is 1.24 bits per heavy atom. The maximum absolute atomic E-state index is 13.7. The molecule has 1 N–H and O–H groups in total. The van der Waals surface area contributed by atoms with Crippen molar-refractivity contribution in [1.82, 2.24) is 20.0 Å². The van der Waals surface area contributed by atoms with E-state index in [0.29, 0.717) is 12.5 Å². The molecule has 156 valence electrons. The van der Waals surface area contributed by atoms with Gasteiger partial charge in [-0.3, -0.25) is 9.48 Å². The first-order valence-corrected chi connectivity index (χ1v) is 11.1. The summed E-state index contributed by atoms with van der Waals surface area (Å²) in [7, 11) is 3.95. The van der Waals surface area contributed by atoms with Crippen LogP contribution in [0.25, 0.3) is 0 Å². The predicted molar refractivity (Wildman–Crippen MR) is 116 cm³/mol. The summed E-state index contributed by atoms with van der Waals surface area (Å²) < 4.78 is 1.96. The Hall–Kier alpha value is -2.14. The average Bonchev–Trinajstić information content (AvgIpc) is 3.37. The first kappa shape index (κ1) is 20.1. The van der Waals surface area contributed by atoms with E-state index in [1.54, 1.807) is 0 Å². The van der Waals surface area contributed by atoms with E-state index in [0.717, 1.165) is 50.2 Å². The SMILES string of the molecule is Cc1ccc(C2(C(=O)N(C)Cc3cc([C@H]4CCCNC4)nn3C)CCCC2)cc1. The molecule has 1 saturated heterocycles. The quantitative estimate of drug-likeness (QED) is 0.842. The van der Waals surface area contributed by atoms with E-state index in [9.17, 15) is 4.79 Å². The van der Waals surface area contributed by atoms with E-state index in [1.807, 2.05) is 23.7 Å². The van der Waals surface area contributed by atoms with Crippen LogP contribution in [0, 0.1) is 6.92 Å². The Labute approximate surface area is 174 Å². The number of amides is 1.